The highest BCUT2D eigenvalue weighted by Crippen LogP contribution is 2.23. The molecule has 11 heteroatoms. The molecule has 0 aliphatic carbocycles. The van der Waals surface area contributed by atoms with Gasteiger partial charge in [0.25, 0.3) is 10.1 Å². The van der Waals surface area contributed by atoms with E-state index in [1.165, 1.54) is 12.1 Å². The summed E-state index contributed by atoms with van der Waals surface area (Å²) in [4.78, 5) is 25.9. The van der Waals surface area contributed by atoms with Gasteiger partial charge in [0.15, 0.2) is 0 Å². The highest BCUT2D eigenvalue weighted by molar-refractivity contribution is 7.85. The smallest absolute Gasteiger partial charge is 0.294 e. The second-order valence-corrected chi connectivity index (χ2v) is 10.1. The zero-order valence-electron chi connectivity index (χ0n) is 19.4. The molecule has 1 aromatic rings. The third kappa shape index (κ3) is 8.68. The molecule has 0 saturated carbocycles. The number of carbonyl (C=O) groups excluding carboxylic acids is 2. The number of unbranched alkanes of at least 4 members (excludes halogenated alkanes) is 1. The topological polar surface area (TPSA) is 160 Å². The molecule has 0 spiro atoms. The largest absolute Gasteiger partial charge is 0.396 e. The first-order valence-corrected chi connectivity index (χ1v) is 12.9. The molecular formula is C23H34N4O6S. The van der Waals surface area contributed by atoms with Crippen LogP contribution in [-0.4, -0.2) is 73.1 Å². The summed E-state index contributed by atoms with van der Waals surface area (Å²) in [5.41, 5.74) is 0.956. The Balaban J connectivity index is 0.000000310. The SMILES string of the molecule is Cc1ccc(S(=O)(=O)O)cc1.N#C[C@@H]1CCCN1C(=O)[C@@H]1C[C@H](CC(=O)NCCCCO)CN1. The minimum atomic E-state index is -4.02. The van der Waals surface area contributed by atoms with Crippen LogP contribution in [0.4, 0.5) is 0 Å². The molecule has 2 amide bonds. The lowest BCUT2D eigenvalue weighted by Crippen LogP contribution is -2.45. The van der Waals surface area contributed by atoms with Crippen LogP contribution in [0, 0.1) is 24.2 Å². The van der Waals surface area contributed by atoms with Gasteiger partial charge in [-0.05, 0) is 63.6 Å². The molecule has 1 aromatic carbocycles. The summed E-state index contributed by atoms with van der Waals surface area (Å²) in [5.74, 6) is 0.156. The van der Waals surface area contributed by atoms with Crippen molar-refractivity contribution in [1.82, 2.24) is 15.5 Å². The third-order valence-corrected chi connectivity index (χ3v) is 6.77. The lowest BCUT2D eigenvalue weighted by atomic mass is 10.0. The Morgan fingerprint density at radius 1 is 1.26 bits per heavy atom. The Bertz CT molecular complexity index is 961. The van der Waals surface area contributed by atoms with Crippen LogP contribution in [0.1, 0.15) is 44.1 Å². The van der Waals surface area contributed by atoms with E-state index in [-0.39, 0.29) is 41.3 Å². The summed E-state index contributed by atoms with van der Waals surface area (Å²) in [6.07, 6.45) is 4.18. The van der Waals surface area contributed by atoms with Gasteiger partial charge in [-0.1, -0.05) is 17.7 Å². The van der Waals surface area contributed by atoms with Crippen LogP contribution in [0.3, 0.4) is 0 Å². The molecule has 3 atom stereocenters. The Morgan fingerprint density at radius 3 is 2.59 bits per heavy atom. The summed E-state index contributed by atoms with van der Waals surface area (Å²) in [5, 5.41) is 23.8. The maximum absolute atomic E-state index is 12.5. The fourth-order valence-electron chi connectivity index (χ4n) is 4.03. The molecule has 2 aliphatic rings. The lowest BCUT2D eigenvalue weighted by Gasteiger charge is -2.23. The van der Waals surface area contributed by atoms with E-state index in [0.717, 1.165) is 24.8 Å². The van der Waals surface area contributed by atoms with E-state index in [4.69, 9.17) is 14.9 Å². The van der Waals surface area contributed by atoms with Gasteiger partial charge in [0.1, 0.15) is 6.04 Å². The zero-order valence-corrected chi connectivity index (χ0v) is 20.3. The van der Waals surface area contributed by atoms with Crippen LogP contribution in [0.2, 0.25) is 0 Å². The lowest BCUT2D eigenvalue weighted by molar-refractivity contribution is -0.133. The van der Waals surface area contributed by atoms with E-state index >= 15 is 0 Å². The molecule has 2 fully saturated rings. The maximum atomic E-state index is 12.5. The standard InChI is InChI=1S/C16H26N4O3.C7H8O3S/c17-10-13-4-3-6-20(13)16(23)14-8-12(11-19-14)9-15(22)18-5-1-2-7-21;1-6-2-4-7(5-3-6)11(8,9)10/h12-14,19,21H,1-9,11H2,(H,18,22);2-5H,1H3,(H,8,9,10)/t12-,13+,14+;/m1./s1. The summed E-state index contributed by atoms with van der Waals surface area (Å²) >= 11 is 0. The first-order valence-electron chi connectivity index (χ1n) is 11.5. The Kier molecular flexibility index (Phi) is 10.9. The Morgan fingerprint density at radius 2 is 1.97 bits per heavy atom. The average molecular weight is 495 g/mol. The van der Waals surface area contributed by atoms with Crippen LogP contribution in [0.15, 0.2) is 29.2 Å². The molecule has 0 aromatic heterocycles. The molecule has 0 bridgehead atoms. The van der Waals surface area contributed by atoms with Crippen LogP contribution < -0.4 is 10.6 Å². The van der Waals surface area contributed by atoms with E-state index < -0.39 is 10.1 Å². The first kappa shape index (κ1) is 27.7. The molecule has 0 radical (unpaired) electrons. The molecule has 4 N–H and O–H groups in total. The van der Waals surface area contributed by atoms with Gasteiger partial charge in [-0.25, -0.2) is 0 Å². The highest BCUT2D eigenvalue weighted by atomic mass is 32.2. The fourth-order valence-corrected chi connectivity index (χ4v) is 4.51. The predicted molar refractivity (Wildman–Crippen MR) is 125 cm³/mol. The monoisotopic (exact) mass is 494 g/mol. The van der Waals surface area contributed by atoms with E-state index in [1.54, 1.807) is 17.0 Å². The van der Waals surface area contributed by atoms with Crippen molar-refractivity contribution in [3.63, 3.8) is 0 Å². The minimum absolute atomic E-state index is 0.0000889. The van der Waals surface area contributed by atoms with Crippen LogP contribution >= 0.6 is 0 Å². The average Bonchev–Trinajstić information content (AvgIpc) is 3.46. The van der Waals surface area contributed by atoms with Gasteiger partial charge in [0.05, 0.1) is 17.0 Å². The number of nitrogens with zero attached hydrogens (tertiary/aromatic N) is 2. The normalized spacial score (nSPS) is 21.9. The summed E-state index contributed by atoms with van der Waals surface area (Å²) in [6, 6.07) is 7.62. The molecule has 34 heavy (non-hydrogen) atoms. The van der Waals surface area contributed by atoms with Crippen molar-refractivity contribution >= 4 is 21.9 Å². The van der Waals surface area contributed by atoms with Crippen molar-refractivity contribution in [3.05, 3.63) is 29.8 Å². The van der Waals surface area contributed by atoms with Crippen LogP contribution in [-0.2, 0) is 19.7 Å². The number of carbonyl (C=O) groups is 2. The number of likely N-dealkylation sites (tertiary alicyclic amines) is 1. The van der Waals surface area contributed by atoms with Gasteiger partial charge in [-0.2, -0.15) is 13.7 Å². The molecule has 2 saturated heterocycles. The molecule has 0 unspecified atom stereocenters. The molecule has 188 valence electrons. The van der Waals surface area contributed by atoms with Gasteiger partial charge in [0, 0.05) is 26.1 Å². The number of hydrogen-bond donors (Lipinski definition) is 4. The first-order chi connectivity index (χ1) is 16.2. The minimum Gasteiger partial charge on any atom is -0.396 e. The van der Waals surface area contributed by atoms with Crippen molar-refractivity contribution in [2.24, 2.45) is 5.92 Å². The molecule has 2 aliphatic heterocycles. The van der Waals surface area contributed by atoms with Gasteiger partial charge in [0.2, 0.25) is 11.8 Å². The third-order valence-electron chi connectivity index (χ3n) is 5.90. The molecule has 2 heterocycles. The quantitative estimate of drug-likeness (QED) is 0.308. The Labute approximate surface area is 201 Å². The summed E-state index contributed by atoms with van der Waals surface area (Å²) < 4.78 is 29.6. The van der Waals surface area contributed by atoms with E-state index in [1.807, 2.05) is 6.92 Å². The number of aliphatic hydroxyl groups is 1. The van der Waals surface area contributed by atoms with Crippen molar-refractivity contribution in [1.29, 1.82) is 5.26 Å². The maximum Gasteiger partial charge on any atom is 0.294 e. The van der Waals surface area contributed by atoms with E-state index in [2.05, 4.69) is 16.7 Å². The van der Waals surface area contributed by atoms with Crippen LogP contribution in [0.25, 0.3) is 0 Å². The number of nitriles is 1. The van der Waals surface area contributed by atoms with Gasteiger partial charge >= 0.3 is 0 Å². The van der Waals surface area contributed by atoms with Crippen molar-refractivity contribution in [2.45, 2.75) is 62.4 Å². The van der Waals surface area contributed by atoms with Crippen LogP contribution in [0.5, 0.6) is 0 Å². The number of aliphatic hydroxyl groups excluding tert-OH is 1. The van der Waals surface area contributed by atoms with E-state index in [0.29, 0.717) is 38.9 Å². The molecular weight excluding hydrogens is 460 g/mol. The summed E-state index contributed by atoms with van der Waals surface area (Å²) in [6.45, 7) is 3.89. The number of benzene rings is 1. The summed E-state index contributed by atoms with van der Waals surface area (Å²) in [7, 11) is -4.02. The number of hydrogen-bond acceptors (Lipinski definition) is 7. The number of nitrogens with one attached hydrogen (secondary N) is 2. The van der Waals surface area contributed by atoms with Gasteiger partial charge in [-0.3, -0.25) is 14.1 Å². The van der Waals surface area contributed by atoms with Crippen molar-refractivity contribution < 1.29 is 27.7 Å². The fraction of sp³-hybridized carbons (Fsp3) is 0.609. The number of rotatable bonds is 8. The Hall–Kier alpha value is -2.52. The molecule has 10 nitrogen and oxygen atoms in total. The second kappa shape index (κ2) is 13.4. The van der Waals surface area contributed by atoms with Crippen molar-refractivity contribution in [2.75, 3.05) is 26.2 Å². The highest BCUT2D eigenvalue weighted by Gasteiger charge is 2.37. The predicted octanol–water partition coefficient (Wildman–Crippen LogP) is 1.000. The van der Waals surface area contributed by atoms with Gasteiger partial charge < -0.3 is 20.6 Å². The van der Waals surface area contributed by atoms with E-state index in [9.17, 15) is 18.0 Å². The molecule has 3 rings (SSSR count). The number of aryl methyl sites for hydroxylation is 1. The van der Waals surface area contributed by atoms with Gasteiger partial charge in [-0.15, -0.1) is 0 Å². The second-order valence-electron chi connectivity index (χ2n) is 8.65. The zero-order chi connectivity index (χ0) is 25.1. The number of amides is 2. The van der Waals surface area contributed by atoms with Crippen molar-refractivity contribution in [3.8, 4) is 6.07 Å².